The van der Waals surface area contributed by atoms with Crippen LogP contribution in [0.1, 0.15) is 11.8 Å². The minimum Gasteiger partial charge on any atom is -0.494 e. The van der Waals surface area contributed by atoms with Gasteiger partial charge in [-0.15, -0.1) is 17.9 Å². The molecule has 1 aliphatic heterocycles. The van der Waals surface area contributed by atoms with E-state index in [1.54, 1.807) is 34.9 Å². The molecule has 0 unspecified atom stereocenters. The maximum atomic E-state index is 12.3. The standard InChI is InChI=1S/C18H16N2O3S2/c1-3-7-20-17(22)15(25-18(20)24)10-12-8-11-9-13(23-4-2)5-6-14(11)19-16(12)21/h3,5-6,8-10,22H,1,4,7H2,2H3. The zero-order chi connectivity index (χ0) is 18.0. The number of aromatic hydroxyl groups is 1. The van der Waals surface area contributed by atoms with Crippen LogP contribution in [0.3, 0.4) is 0 Å². The molecule has 1 N–H and O–H groups in total. The molecule has 2 heterocycles. The van der Waals surface area contributed by atoms with E-state index in [1.807, 2.05) is 13.0 Å². The van der Waals surface area contributed by atoms with Gasteiger partial charge in [-0.05, 0) is 49.5 Å². The second-order valence-electron chi connectivity index (χ2n) is 5.27. The third kappa shape index (κ3) is 3.47. The normalized spacial score (nSPS) is 14.6. The van der Waals surface area contributed by atoms with Crippen molar-refractivity contribution in [3.63, 3.8) is 0 Å². The van der Waals surface area contributed by atoms with Gasteiger partial charge in [0, 0.05) is 17.3 Å². The molecule has 0 saturated heterocycles. The van der Waals surface area contributed by atoms with Crippen LogP contribution in [-0.2, 0) is 11.3 Å². The molecule has 0 fully saturated rings. The van der Waals surface area contributed by atoms with E-state index in [1.165, 1.54) is 11.3 Å². The first kappa shape index (κ1) is 17.3. The minimum absolute atomic E-state index is 0.0254. The van der Waals surface area contributed by atoms with E-state index < -0.39 is 0 Å². The van der Waals surface area contributed by atoms with E-state index in [4.69, 9.17) is 17.0 Å². The van der Waals surface area contributed by atoms with Crippen molar-refractivity contribution in [3.05, 3.63) is 55.8 Å². The Morgan fingerprint density at radius 3 is 3.00 bits per heavy atom. The van der Waals surface area contributed by atoms with Crippen molar-refractivity contribution in [2.45, 2.75) is 13.5 Å². The van der Waals surface area contributed by atoms with Crippen molar-refractivity contribution in [1.82, 2.24) is 4.57 Å². The number of rotatable bonds is 5. The Morgan fingerprint density at radius 1 is 1.48 bits per heavy atom. The zero-order valence-electron chi connectivity index (χ0n) is 13.6. The number of amides is 1. The van der Waals surface area contributed by atoms with Crippen LogP contribution in [0.5, 0.6) is 11.6 Å². The number of benzene rings is 1. The first-order valence-corrected chi connectivity index (χ1v) is 8.88. The van der Waals surface area contributed by atoms with Gasteiger partial charge in [-0.3, -0.25) is 9.36 Å². The van der Waals surface area contributed by atoms with Gasteiger partial charge in [0.05, 0.1) is 16.8 Å². The summed E-state index contributed by atoms with van der Waals surface area (Å²) in [6.07, 6.45) is 5.00. The topological polar surface area (TPSA) is 63.8 Å². The Hall–Kier alpha value is -2.51. The summed E-state index contributed by atoms with van der Waals surface area (Å²) in [4.78, 5) is 16.9. The lowest BCUT2D eigenvalue weighted by Crippen LogP contribution is -2.30. The number of aromatic nitrogens is 1. The number of allylic oxidation sites excluding steroid dienone is 1. The first-order valence-electron chi connectivity index (χ1n) is 7.66. The Bertz CT molecular complexity index is 1060. The third-order valence-electron chi connectivity index (χ3n) is 3.58. The SMILES string of the molecule is C=CCn1c(O)c(C=C2C=c3cc(OCC)ccc3=NC2=O)sc1=S. The summed E-state index contributed by atoms with van der Waals surface area (Å²) < 4.78 is 7.56. The van der Waals surface area contributed by atoms with Gasteiger partial charge in [-0.25, -0.2) is 4.99 Å². The molecule has 1 aromatic carbocycles. The van der Waals surface area contributed by atoms with E-state index in [0.717, 1.165) is 11.0 Å². The molecule has 0 atom stereocenters. The van der Waals surface area contributed by atoms with Crippen molar-refractivity contribution in [2.24, 2.45) is 4.99 Å². The van der Waals surface area contributed by atoms with Gasteiger partial charge in [0.2, 0.25) is 5.88 Å². The molecule has 1 amide bonds. The van der Waals surface area contributed by atoms with Crippen LogP contribution >= 0.6 is 23.6 Å². The van der Waals surface area contributed by atoms with Gasteiger partial charge < -0.3 is 9.84 Å². The maximum absolute atomic E-state index is 12.3. The van der Waals surface area contributed by atoms with Gasteiger partial charge in [-0.1, -0.05) is 6.08 Å². The average Bonchev–Trinajstić information content (AvgIpc) is 2.84. The van der Waals surface area contributed by atoms with Crippen LogP contribution in [0, 0.1) is 3.95 Å². The summed E-state index contributed by atoms with van der Waals surface area (Å²) in [7, 11) is 0. The molecule has 0 saturated carbocycles. The number of nitrogens with zero attached hydrogens (tertiary/aromatic N) is 2. The van der Waals surface area contributed by atoms with Gasteiger partial charge in [0.15, 0.2) is 3.95 Å². The number of fused-ring (bicyclic) bond motifs is 1. The van der Waals surface area contributed by atoms with E-state index >= 15 is 0 Å². The third-order valence-corrected chi connectivity index (χ3v) is 4.97. The molecular weight excluding hydrogens is 356 g/mol. The number of hydrogen-bond donors (Lipinski definition) is 1. The summed E-state index contributed by atoms with van der Waals surface area (Å²) in [6.45, 7) is 6.53. The monoisotopic (exact) mass is 372 g/mol. The van der Waals surface area contributed by atoms with E-state index in [0.29, 0.717) is 32.9 Å². The number of carbonyl (C=O) groups is 1. The molecule has 5 nitrogen and oxygen atoms in total. The first-order chi connectivity index (χ1) is 12.0. The summed E-state index contributed by atoms with van der Waals surface area (Å²) in [5.74, 6) is 0.389. The highest BCUT2D eigenvalue weighted by molar-refractivity contribution is 7.73. The summed E-state index contributed by atoms with van der Waals surface area (Å²) >= 11 is 6.48. The van der Waals surface area contributed by atoms with E-state index in [9.17, 15) is 9.90 Å². The molecule has 2 aromatic rings. The molecule has 25 heavy (non-hydrogen) atoms. The molecule has 1 aromatic heterocycles. The van der Waals surface area contributed by atoms with Crippen LogP contribution in [0.2, 0.25) is 0 Å². The van der Waals surface area contributed by atoms with Gasteiger partial charge in [0.1, 0.15) is 5.75 Å². The predicted octanol–water partition coefficient (Wildman–Crippen LogP) is 2.59. The average molecular weight is 372 g/mol. The number of ether oxygens (including phenoxy) is 1. The summed E-state index contributed by atoms with van der Waals surface area (Å²) in [6, 6.07) is 5.38. The lowest BCUT2D eigenvalue weighted by molar-refractivity contribution is -0.114. The Kier molecular flexibility index (Phi) is 4.96. The Labute approximate surface area is 153 Å². The van der Waals surface area contributed by atoms with Crippen LogP contribution in [0.4, 0.5) is 0 Å². The summed E-state index contributed by atoms with van der Waals surface area (Å²) in [5, 5.41) is 11.7. The van der Waals surface area contributed by atoms with E-state index in [2.05, 4.69) is 11.6 Å². The van der Waals surface area contributed by atoms with Gasteiger partial charge in [0.25, 0.3) is 5.91 Å². The molecule has 3 rings (SSSR count). The van der Waals surface area contributed by atoms with E-state index in [-0.39, 0.29) is 11.8 Å². The highest BCUT2D eigenvalue weighted by Crippen LogP contribution is 2.29. The fourth-order valence-electron chi connectivity index (χ4n) is 2.45. The van der Waals surface area contributed by atoms with Gasteiger partial charge >= 0.3 is 0 Å². The molecule has 7 heteroatoms. The van der Waals surface area contributed by atoms with Crippen LogP contribution in [0.25, 0.3) is 12.2 Å². The minimum atomic E-state index is -0.356. The van der Waals surface area contributed by atoms with Crippen molar-refractivity contribution in [3.8, 4) is 11.6 Å². The van der Waals surface area contributed by atoms with Crippen LogP contribution in [-0.4, -0.2) is 22.2 Å². The quantitative estimate of drug-likeness (QED) is 0.498. The van der Waals surface area contributed by atoms with Crippen molar-refractivity contribution in [2.75, 3.05) is 6.61 Å². The molecule has 0 aliphatic carbocycles. The van der Waals surface area contributed by atoms with Gasteiger partial charge in [-0.2, -0.15) is 0 Å². The number of hydrogen-bond acceptors (Lipinski definition) is 5. The molecule has 0 spiro atoms. The van der Waals surface area contributed by atoms with Crippen molar-refractivity contribution >= 4 is 41.6 Å². The molecule has 1 aliphatic rings. The lowest BCUT2D eigenvalue weighted by atomic mass is 10.1. The van der Waals surface area contributed by atoms with Crippen molar-refractivity contribution in [1.29, 1.82) is 0 Å². The highest BCUT2D eigenvalue weighted by Gasteiger charge is 2.15. The number of thiazole rings is 1. The zero-order valence-corrected chi connectivity index (χ0v) is 15.2. The largest absolute Gasteiger partial charge is 0.494 e. The fraction of sp³-hybridized carbons (Fsp3) is 0.167. The van der Waals surface area contributed by atoms with Crippen LogP contribution in [0.15, 0.2) is 41.4 Å². The Balaban J connectivity index is 2.09. The summed E-state index contributed by atoms with van der Waals surface area (Å²) in [5.41, 5.74) is 0.387. The molecule has 0 radical (unpaired) electrons. The maximum Gasteiger partial charge on any atom is 0.277 e. The molecular formula is C18H16N2O3S2. The predicted molar refractivity (Wildman–Crippen MR) is 101 cm³/mol. The Morgan fingerprint density at radius 2 is 2.28 bits per heavy atom. The second-order valence-corrected chi connectivity index (χ2v) is 6.95. The smallest absolute Gasteiger partial charge is 0.277 e. The second kappa shape index (κ2) is 7.16. The lowest BCUT2D eigenvalue weighted by Gasteiger charge is -2.06. The van der Waals surface area contributed by atoms with Crippen molar-refractivity contribution < 1.29 is 14.6 Å². The van der Waals surface area contributed by atoms with Crippen LogP contribution < -0.4 is 15.3 Å². The fourth-order valence-corrected chi connectivity index (χ4v) is 3.73. The molecule has 0 bridgehead atoms. The number of carbonyl (C=O) groups excluding carboxylic acids is 1. The highest BCUT2D eigenvalue weighted by atomic mass is 32.1. The molecule has 128 valence electrons.